The molecular weight excluding hydrogens is 182 g/mol. The summed E-state index contributed by atoms with van der Waals surface area (Å²) < 4.78 is 5.20. The van der Waals surface area contributed by atoms with Crippen LogP contribution in [-0.4, -0.2) is 12.1 Å². The van der Waals surface area contributed by atoms with E-state index in [2.05, 4.69) is 0 Å². The molecule has 0 aliphatic carbocycles. The van der Waals surface area contributed by atoms with E-state index in [1.807, 2.05) is 26.0 Å². The van der Waals surface area contributed by atoms with Crippen molar-refractivity contribution >= 4 is 17.2 Å². The number of thiocarbonyl (C=S) groups is 1. The third kappa shape index (κ3) is 1.98. The molecule has 0 bridgehead atoms. The zero-order valence-electron chi connectivity index (χ0n) is 8.05. The van der Waals surface area contributed by atoms with E-state index in [0.717, 1.165) is 22.4 Å². The van der Waals surface area contributed by atoms with Crippen LogP contribution in [0.2, 0.25) is 0 Å². The van der Waals surface area contributed by atoms with Gasteiger partial charge in [0.2, 0.25) is 0 Å². The Kier molecular flexibility index (Phi) is 2.88. The maximum atomic E-state index is 5.59. The fourth-order valence-corrected chi connectivity index (χ4v) is 1.67. The van der Waals surface area contributed by atoms with Gasteiger partial charge in [0.25, 0.3) is 0 Å². The van der Waals surface area contributed by atoms with Crippen molar-refractivity contribution in [3.05, 3.63) is 28.8 Å². The van der Waals surface area contributed by atoms with Gasteiger partial charge in [-0.25, -0.2) is 0 Å². The van der Waals surface area contributed by atoms with E-state index in [1.165, 1.54) is 0 Å². The number of rotatable bonds is 2. The molecule has 1 aromatic carbocycles. The van der Waals surface area contributed by atoms with Crippen molar-refractivity contribution in [1.82, 2.24) is 0 Å². The van der Waals surface area contributed by atoms with Crippen LogP contribution in [0.3, 0.4) is 0 Å². The summed E-state index contributed by atoms with van der Waals surface area (Å²) in [6, 6.07) is 3.97. The first-order valence-electron chi connectivity index (χ1n) is 4.01. The topological polar surface area (TPSA) is 35.2 Å². The van der Waals surface area contributed by atoms with Crippen LogP contribution in [0.25, 0.3) is 0 Å². The molecule has 0 radical (unpaired) electrons. The van der Waals surface area contributed by atoms with Gasteiger partial charge in [-0.2, -0.15) is 0 Å². The fraction of sp³-hybridized carbons (Fsp3) is 0.300. The summed E-state index contributed by atoms with van der Waals surface area (Å²) in [6.07, 6.45) is 0. The molecule has 0 atom stereocenters. The van der Waals surface area contributed by atoms with E-state index in [0.29, 0.717) is 4.99 Å². The minimum Gasteiger partial charge on any atom is -0.496 e. The summed E-state index contributed by atoms with van der Waals surface area (Å²) in [4.78, 5) is 0.384. The highest BCUT2D eigenvalue weighted by atomic mass is 32.1. The van der Waals surface area contributed by atoms with Crippen LogP contribution >= 0.6 is 12.2 Å². The molecule has 0 unspecified atom stereocenters. The van der Waals surface area contributed by atoms with E-state index in [-0.39, 0.29) is 0 Å². The lowest BCUT2D eigenvalue weighted by Crippen LogP contribution is -2.13. The van der Waals surface area contributed by atoms with E-state index < -0.39 is 0 Å². The highest BCUT2D eigenvalue weighted by Gasteiger charge is 2.09. The summed E-state index contributed by atoms with van der Waals surface area (Å²) >= 11 is 4.94. The van der Waals surface area contributed by atoms with Crippen molar-refractivity contribution in [3.63, 3.8) is 0 Å². The number of hydrogen-bond acceptors (Lipinski definition) is 2. The molecule has 1 rings (SSSR count). The molecule has 13 heavy (non-hydrogen) atoms. The van der Waals surface area contributed by atoms with Crippen molar-refractivity contribution in [2.75, 3.05) is 7.11 Å². The minimum absolute atomic E-state index is 0.384. The number of nitrogens with two attached hydrogens (primary N) is 1. The van der Waals surface area contributed by atoms with Gasteiger partial charge in [0.15, 0.2) is 0 Å². The van der Waals surface area contributed by atoms with Crippen molar-refractivity contribution in [1.29, 1.82) is 0 Å². The molecule has 2 N–H and O–H groups in total. The number of methoxy groups -OCH3 is 1. The van der Waals surface area contributed by atoms with Crippen LogP contribution in [0.4, 0.5) is 0 Å². The minimum atomic E-state index is 0.384. The van der Waals surface area contributed by atoms with Crippen molar-refractivity contribution in [3.8, 4) is 5.75 Å². The molecule has 0 aliphatic heterocycles. The van der Waals surface area contributed by atoms with Crippen LogP contribution in [0.1, 0.15) is 16.7 Å². The zero-order chi connectivity index (χ0) is 10.0. The molecule has 0 heterocycles. The number of hydrogen-bond donors (Lipinski definition) is 1. The maximum absolute atomic E-state index is 5.59. The summed E-state index contributed by atoms with van der Waals surface area (Å²) in [5.41, 5.74) is 8.64. The average molecular weight is 195 g/mol. The predicted molar refractivity (Wildman–Crippen MR) is 58.4 cm³/mol. The second-order valence-corrected chi connectivity index (χ2v) is 3.46. The standard InChI is InChI=1S/C10H13NOS/c1-6-4-7(2)9(10(11)13)8(5-6)12-3/h4-5H,1-3H3,(H2,11,13). The molecule has 0 saturated heterocycles. The third-order valence-electron chi connectivity index (χ3n) is 1.91. The Morgan fingerprint density at radius 3 is 2.46 bits per heavy atom. The number of aryl methyl sites for hydroxylation is 2. The van der Waals surface area contributed by atoms with Gasteiger partial charge in [0.1, 0.15) is 10.7 Å². The van der Waals surface area contributed by atoms with Crippen LogP contribution in [0, 0.1) is 13.8 Å². The van der Waals surface area contributed by atoms with Crippen LogP contribution in [0.15, 0.2) is 12.1 Å². The SMILES string of the molecule is COc1cc(C)cc(C)c1C(N)=S. The quantitative estimate of drug-likeness (QED) is 0.732. The zero-order valence-corrected chi connectivity index (χ0v) is 8.87. The Morgan fingerprint density at radius 2 is 2.00 bits per heavy atom. The monoisotopic (exact) mass is 195 g/mol. The normalized spacial score (nSPS) is 9.77. The van der Waals surface area contributed by atoms with Gasteiger partial charge in [-0.15, -0.1) is 0 Å². The fourth-order valence-electron chi connectivity index (χ4n) is 1.41. The van der Waals surface area contributed by atoms with E-state index in [1.54, 1.807) is 7.11 Å². The second-order valence-electron chi connectivity index (χ2n) is 3.02. The molecule has 70 valence electrons. The Balaban J connectivity index is 3.38. The Hall–Kier alpha value is -1.09. The lowest BCUT2D eigenvalue weighted by Gasteiger charge is -2.11. The molecule has 0 amide bonds. The van der Waals surface area contributed by atoms with Gasteiger partial charge in [0.05, 0.1) is 12.7 Å². The smallest absolute Gasteiger partial charge is 0.129 e. The lowest BCUT2D eigenvalue weighted by molar-refractivity contribution is 0.413. The summed E-state index contributed by atoms with van der Waals surface area (Å²) in [7, 11) is 1.62. The predicted octanol–water partition coefficient (Wildman–Crippen LogP) is 1.95. The van der Waals surface area contributed by atoms with Crippen LogP contribution in [-0.2, 0) is 0 Å². The highest BCUT2D eigenvalue weighted by Crippen LogP contribution is 2.23. The molecular formula is C10H13NOS. The Morgan fingerprint density at radius 1 is 1.38 bits per heavy atom. The first-order chi connectivity index (χ1) is 6.06. The summed E-state index contributed by atoms with van der Waals surface area (Å²) in [5, 5.41) is 0. The van der Waals surface area contributed by atoms with Crippen molar-refractivity contribution < 1.29 is 4.74 Å². The second kappa shape index (κ2) is 3.75. The van der Waals surface area contributed by atoms with Crippen LogP contribution < -0.4 is 10.5 Å². The lowest BCUT2D eigenvalue weighted by atomic mass is 10.0. The highest BCUT2D eigenvalue weighted by molar-refractivity contribution is 7.80. The van der Waals surface area contributed by atoms with Gasteiger partial charge in [-0.1, -0.05) is 18.3 Å². The molecule has 0 saturated carbocycles. The number of benzene rings is 1. The Bertz CT molecular complexity index is 347. The van der Waals surface area contributed by atoms with Crippen molar-refractivity contribution in [2.45, 2.75) is 13.8 Å². The third-order valence-corrected chi connectivity index (χ3v) is 2.11. The molecule has 0 aromatic heterocycles. The van der Waals surface area contributed by atoms with E-state index in [4.69, 9.17) is 22.7 Å². The van der Waals surface area contributed by atoms with Gasteiger partial charge in [0, 0.05) is 0 Å². The first-order valence-corrected chi connectivity index (χ1v) is 4.42. The largest absolute Gasteiger partial charge is 0.496 e. The van der Waals surface area contributed by atoms with Gasteiger partial charge < -0.3 is 10.5 Å². The van der Waals surface area contributed by atoms with E-state index >= 15 is 0 Å². The molecule has 3 heteroatoms. The molecule has 2 nitrogen and oxygen atoms in total. The van der Waals surface area contributed by atoms with Gasteiger partial charge in [-0.05, 0) is 31.0 Å². The van der Waals surface area contributed by atoms with E-state index in [9.17, 15) is 0 Å². The molecule has 0 aliphatic rings. The molecule has 1 aromatic rings. The summed E-state index contributed by atoms with van der Waals surface area (Å²) in [6.45, 7) is 3.99. The first kappa shape index (κ1) is 9.99. The van der Waals surface area contributed by atoms with Crippen LogP contribution in [0.5, 0.6) is 5.75 Å². The molecule has 0 spiro atoms. The van der Waals surface area contributed by atoms with Gasteiger partial charge >= 0.3 is 0 Å². The number of ether oxygens (including phenoxy) is 1. The van der Waals surface area contributed by atoms with Crippen molar-refractivity contribution in [2.24, 2.45) is 5.73 Å². The molecule has 0 fully saturated rings. The summed E-state index contributed by atoms with van der Waals surface area (Å²) in [5.74, 6) is 0.755. The Labute approximate surface area is 83.7 Å². The average Bonchev–Trinajstić information content (AvgIpc) is 2.01. The maximum Gasteiger partial charge on any atom is 0.129 e. The van der Waals surface area contributed by atoms with Gasteiger partial charge in [-0.3, -0.25) is 0 Å².